The first-order valence-corrected chi connectivity index (χ1v) is 10.7. The lowest BCUT2D eigenvalue weighted by atomic mass is 10.0. The second kappa shape index (κ2) is 7.91. The molecule has 0 saturated carbocycles. The minimum atomic E-state index is -3.41. The van der Waals surface area contributed by atoms with Crippen LogP contribution >= 0.6 is 0 Å². The molecule has 3 rings (SSSR count). The van der Waals surface area contributed by atoms with Crippen molar-refractivity contribution in [3.05, 3.63) is 65.7 Å². The predicted molar refractivity (Wildman–Crippen MR) is 106 cm³/mol. The van der Waals surface area contributed by atoms with E-state index in [1.54, 1.807) is 16.4 Å². The van der Waals surface area contributed by atoms with E-state index >= 15 is 0 Å². The molecule has 2 aromatic rings. The lowest BCUT2D eigenvalue weighted by Crippen LogP contribution is -2.49. The van der Waals surface area contributed by atoms with Gasteiger partial charge < -0.3 is 0 Å². The zero-order chi connectivity index (χ0) is 18.7. The van der Waals surface area contributed by atoms with Crippen molar-refractivity contribution in [1.82, 2.24) is 9.21 Å². The Morgan fingerprint density at radius 1 is 0.769 bits per heavy atom. The first-order chi connectivity index (χ1) is 12.4. The monoisotopic (exact) mass is 372 g/mol. The molecule has 26 heavy (non-hydrogen) atoms. The van der Waals surface area contributed by atoms with Crippen molar-refractivity contribution in [3.63, 3.8) is 0 Å². The van der Waals surface area contributed by atoms with Gasteiger partial charge in [-0.15, -0.1) is 0 Å². The maximum absolute atomic E-state index is 12.9. The van der Waals surface area contributed by atoms with Crippen LogP contribution in [0.4, 0.5) is 0 Å². The molecule has 1 saturated heterocycles. The van der Waals surface area contributed by atoms with Gasteiger partial charge in [-0.3, -0.25) is 4.90 Å². The summed E-state index contributed by atoms with van der Waals surface area (Å²) in [6.07, 6.45) is 0. The van der Waals surface area contributed by atoms with Crippen molar-refractivity contribution in [2.24, 2.45) is 0 Å². The van der Waals surface area contributed by atoms with E-state index in [1.807, 2.05) is 30.3 Å². The summed E-state index contributed by atoms with van der Waals surface area (Å²) in [4.78, 5) is 2.75. The van der Waals surface area contributed by atoms with Crippen molar-refractivity contribution in [2.75, 3.05) is 26.2 Å². The second-order valence-corrected chi connectivity index (χ2v) is 9.19. The topological polar surface area (TPSA) is 40.6 Å². The van der Waals surface area contributed by atoms with Gasteiger partial charge in [0.05, 0.1) is 4.90 Å². The third-order valence-electron chi connectivity index (χ3n) is 5.29. The molecule has 0 radical (unpaired) electrons. The highest BCUT2D eigenvalue weighted by molar-refractivity contribution is 7.89. The second-order valence-electron chi connectivity index (χ2n) is 7.25. The van der Waals surface area contributed by atoms with Crippen molar-refractivity contribution in [3.8, 4) is 0 Å². The lowest BCUT2D eigenvalue weighted by molar-refractivity contribution is 0.146. The summed E-state index contributed by atoms with van der Waals surface area (Å²) in [6, 6.07) is 18.0. The van der Waals surface area contributed by atoms with E-state index in [-0.39, 0.29) is 0 Å². The third kappa shape index (κ3) is 4.00. The molecule has 1 aliphatic rings. The summed E-state index contributed by atoms with van der Waals surface area (Å²) in [5.74, 6) is 0.398. The Hall–Kier alpha value is -1.69. The summed E-state index contributed by atoms with van der Waals surface area (Å²) < 4.78 is 27.5. The minimum absolute atomic E-state index is 0.298. The average molecular weight is 373 g/mol. The zero-order valence-corrected chi connectivity index (χ0v) is 16.6. The molecular weight excluding hydrogens is 344 g/mol. The standard InChI is InChI=1S/C21H28N2O2S/c1-17(2)19-9-11-21(12-10-19)26(24,25)23-15-13-22(14-16-23)18(3)20-7-5-4-6-8-20/h4-12,17-18H,13-16H2,1-3H3. The van der Waals surface area contributed by atoms with Crippen molar-refractivity contribution in [1.29, 1.82) is 0 Å². The van der Waals surface area contributed by atoms with E-state index in [0.29, 0.717) is 29.9 Å². The molecule has 1 heterocycles. The Kier molecular flexibility index (Phi) is 5.80. The fourth-order valence-electron chi connectivity index (χ4n) is 3.45. The van der Waals surface area contributed by atoms with Gasteiger partial charge >= 0.3 is 0 Å². The van der Waals surface area contributed by atoms with Gasteiger partial charge in [0.2, 0.25) is 10.0 Å². The molecule has 0 bridgehead atoms. The normalized spacial score (nSPS) is 18.2. The van der Waals surface area contributed by atoms with Crippen LogP contribution in [0.2, 0.25) is 0 Å². The highest BCUT2D eigenvalue weighted by atomic mass is 32.2. The van der Waals surface area contributed by atoms with Gasteiger partial charge in [-0.25, -0.2) is 8.42 Å². The van der Waals surface area contributed by atoms with Crippen LogP contribution in [0, 0.1) is 0 Å². The third-order valence-corrected chi connectivity index (χ3v) is 7.20. The van der Waals surface area contributed by atoms with E-state index in [2.05, 4.69) is 37.8 Å². The zero-order valence-electron chi connectivity index (χ0n) is 15.8. The smallest absolute Gasteiger partial charge is 0.243 e. The molecule has 0 amide bonds. The fraction of sp³-hybridized carbons (Fsp3) is 0.429. The fourth-order valence-corrected chi connectivity index (χ4v) is 4.87. The van der Waals surface area contributed by atoms with Crippen LogP contribution in [0.3, 0.4) is 0 Å². The summed E-state index contributed by atoms with van der Waals surface area (Å²) in [7, 11) is -3.41. The molecule has 1 atom stereocenters. The summed E-state index contributed by atoms with van der Waals surface area (Å²) in [5, 5.41) is 0. The van der Waals surface area contributed by atoms with Crippen molar-refractivity contribution >= 4 is 10.0 Å². The van der Waals surface area contributed by atoms with Crippen LogP contribution in [0.1, 0.15) is 43.9 Å². The summed E-state index contributed by atoms with van der Waals surface area (Å²) >= 11 is 0. The van der Waals surface area contributed by atoms with Crippen LogP contribution in [0.5, 0.6) is 0 Å². The van der Waals surface area contributed by atoms with Crippen LogP contribution in [-0.2, 0) is 10.0 Å². The Morgan fingerprint density at radius 2 is 1.35 bits per heavy atom. The van der Waals surface area contributed by atoms with E-state index in [0.717, 1.165) is 18.7 Å². The molecule has 2 aromatic carbocycles. The van der Waals surface area contributed by atoms with E-state index < -0.39 is 10.0 Å². The van der Waals surface area contributed by atoms with Crippen molar-refractivity contribution < 1.29 is 8.42 Å². The number of rotatable bonds is 5. The van der Waals surface area contributed by atoms with Crippen molar-refractivity contribution in [2.45, 2.75) is 37.6 Å². The number of hydrogen-bond donors (Lipinski definition) is 0. The lowest BCUT2D eigenvalue weighted by Gasteiger charge is -2.37. The molecule has 1 aliphatic heterocycles. The summed E-state index contributed by atoms with van der Waals surface area (Å²) in [6.45, 7) is 8.97. The number of hydrogen-bond acceptors (Lipinski definition) is 3. The highest BCUT2D eigenvalue weighted by Gasteiger charge is 2.30. The molecule has 0 aliphatic carbocycles. The molecule has 1 unspecified atom stereocenters. The Balaban J connectivity index is 1.67. The van der Waals surface area contributed by atoms with E-state index in [9.17, 15) is 8.42 Å². The molecule has 0 spiro atoms. The number of sulfonamides is 1. The van der Waals surface area contributed by atoms with Crippen LogP contribution < -0.4 is 0 Å². The first-order valence-electron chi connectivity index (χ1n) is 9.28. The quantitative estimate of drug-likeness (QED) is 0.800. The maximum Gasteiger partial charge on any atom is 0.243 e. The summed E-state index contributed by atoms with van der Waals surface area (Å²) in [5.41, 5.74) is 2.43. The van der Waals surface area contributed by atoms with Gasteiger partial charge in [-0.1, -0.05) is 56.3 Å². The van der Waals surface area contributed by atoms with Gasteiger partial charge in [0.25, 0.3) is 0 Å². The average Bonchev–Trinajstić information content (AvgIpc) is 2.68. The minimum Gasteiger partial charge on any atom is -0.294 e. The number of piperazine rings is 1. The molecule has 140 valence electrons. The van der Waals surface area contributed by atoms with Gasteiger partial charge in [0, 0.05) is 32.2 Å². The van der Waals surface area contributed by atoms with E-state index in [4.69, 9.17) is 0 Å². The SMILES string of the molecule is CC(C)c1ccc(S(=O)(=O)N2CCN(C(C)c3ccccc3)CC2)cc1. The molecule has 0 N–H and O–H groups in total. The first kappa shape index (κ1) is 19.1. The van der Waals surface area contributed by atoms with Crippen LogP contribution in [-0.4, -0.2) is 43.8 Å². The van der Waals surface area contributed by atoms with Crippen LogP contribution in [0.25, 0.3) is 0 Å². The predicted octanol–water partition coefficient (Wildman–Crippen LogP) is 3.88. The molecular formula is C21H28N2O2S. The largest absolute Gasteiger partial charge is 0.294 e. The maximum atomic E-state index is 12.9. The highest BCUT2D eigenvalue weighted by Crippen LogP contribution is 2.25. The van der Waals surface area contributed by atoms with Crippen LogP contribution in [0.15, 0.2) is 59.5 Å². The Bertz CT molecular complexity index is 809. The molecule has 1 fully saturated rings. The van der Waals surface area contributed by atoms with Gasteiger partial charge in [0.1, 0.15) is 0 Å². The number of benzene rings is 2. The van der Waals surface area contributed by atoms with Gasteiger partial charge in [0.15, 0.2) is 0 Å². The molecule has 4 nitrogen and oxygen atoms in total. The molecule has 0 aromatic heterocycles. The van der Waals surface area contributed by atoms with E-state index in [1.165, 1.54) is 5.56 Å². The Morgan fingerprint density at radius 3 is 1.88 bits per heavy atom. The molecule has 5 heteroatoms. The Labute approximate surface area is 157 Å². The van der Waals surface area contributed by atoms with Gasteiger partial charge in [-0.2, -0.15) is 4.31 Å². The van der Waals surface area contributed by atoms with Gasteiger partial charge in [-0.05, 0) is 36.1 Å². The number of nitrogens with zero attached hydrogens (tertiary/aromatic N) is 2.